The Balaban J connectivity index is 0. The van der Waals surface area contributed by atoms with Gasteiger partial charge in [0.1, 0.15) is 5.60 Å². The molecule has 0 radical (unpaired) electrons. The molecule has 1 aromatic rings. The predicted octanol–water partition coefficient (Wildman–Crippen LogP) is 9.18. The number of hydrogen-bond acceptors (Lipinski definition) is 5. The van der Waals surface area contributed by atoms with E-state index in [0.717, 1.165) is 35.7 Å². The molecular weight excluding hydrogens is 486 g/mol. The van der Waals surface area contributed by atoms with E-state index in [1.54, 1.807) is 13.2 Å². The van der Waals surface area contributed by atoms with Crippen molar-refractivity contribution < 1.29 is 14.3 Å². The zero-order chi connectivity index (χ0) is 30.8. The molecule has 1 saturated carbocycles. The number of rotatable bonds is 10. The smallest absolute Gasteiger partial charge is 0.308 e. The number of nitrogens with zero attached hydrogens (tertiary/aromatic N) is 3. The molecule has 0 spiro atoms. The monoisotopic (exact) mass is 547 g/mol. The molecule has 39 heavy (non-hydrogen) atoms. The zero-order valence-corrected chi connectivity index (χ0v) is 27.5. The van der Waals surface area contributed by atoms with E-state index in [1.165, 1.54) is 19.3 Å². The third-order valence-corrected chi connectivity index (χ3v) is 6.22. The minimum atomic E-state index is -0.454. The number of aromatic nitrogens is 3. The van der Waals surface area contributed by atoms with Crippen LogP contribution in [0.5, 0.6) is 0 Å². The standard InChI is InChI=1S/C22H39N3O2.C7H12O.C2H6.C2H4/c1-9-10-18(13-19(26)27-22(6,7)8)25-15(2)20(23-24-25)17-11-16(12-17)14-21(3,4)5;1-4-7(5-2)6-8-3;2*1-2/h16-18H,9-14H2,1-8H3;4-5H,1,6H2,2-3H3;1-2H3;1-2H2/b;7-5+;;/t16?,17?,18-;;;/m0.../s1. The summed E-state index contributed by atoms with van der Waals surface area (Å²) in [6.45, 7) is 33.1. The lowest BCUT2D eigenvalue weighted by Gasteiger charge is -2.38. The minimum absolute atomic E-state index is 0.0246. The quantitative estimate of drug-likeness (QED) is 0.166. The zero-order valence-electron chi connectivity index (χ0n) is 27.5. The van der Waals surface area contributed by atoms with Crippen molar-refractivity contribution in [1.29, 1.82) is 0 Å². The van der Waals surface area contributed by atoms with Crippen molar-refractivity contribution in [3.05, 3.63) is 48.8 Å². The lowest BCUT2D eigenvalue weighted by molar-refractivity contribution is -0.155. The van der Waals surface area contributed by atoms with Crippen molar-refractivity contribution in [1.82, 2.24) is 15.0 Å². The van der Waals surface area contributed by atoms with Crippen LogP contribution < -0.4 is 0 Å². The molecule has 2 rings (SSSR count). The molecule has 6 heteroatoms. The van der Waals surface area contributed by atoms with Gasteiger partial charge in [0.05, 0.1) is 30.5 Å². The summed E-state index contributed by atoms with van der Waals surface area (Å²) in [4.78, 5) is 12.3. The summed E-state index contributed by atoms with van der Waals surface area (Å²) in [5.41, 5.74) is 3.32. The second kappa shape index (κ2) is 19.8. The predicted molar refractivity (Wildman–Crippen MR) is 167 cm³/mol. The maximum absolute atomic E-state index is 12.3. The van der Waals surface area contributed by atoms with E-state index in [-0.39, 0.29) is 12.0 Å². The van der Waals surface area contributed by atoms with Gasteiger partial charge in [-0.25, -0.2) is 4.68 Å². The Bertz CT molecular complexity index is 837. The van der Waals surface area contributed by atoms with Crippen LogP contribution >= 0.6 is 0 Å². The van der Waals surface area contributed by atoms with Gasteiger partial charge in [0.2, 0.25) is 0 Å². The second-order valence-electron chi connectivity index (χ2n) is 12.0. The molecule has 0 aliphatic heterocycles. The molecule has 0 unspecified atom stereocenters. The molecule has 1 fully saturated rings. The second-order valence-corrected chi connectivity index (χ2v) is 12.0. The first-order valence-corrected chi connectivity index (χ1v) is 14.6. The van der Waals surface area contributed by atoms with Gasteiger partial charge < -0.3 is 9.47 Å². The van der Waals surface area contributed by atoms with Crippen LogP contribution in [0.3, 0.4) is 0 Å². The normalized spacial score (nSPS) is 17.6. The molecule has 0 amide bonds. The fraction of sp³-hybridized carbons (Fsp3) is 0.727. The van der Waals surface area contributed by atoms with E-state index in [0.29, 0.717) is 24.4 Å². The molecule has 1 atom stereocenters. The largest absolute Gasteiger partial charge is 0.460 e. The summed E-state index contributed by atoms with van der Waals surface area (Å²) < 4.78 is 12.3. The Morgan fingerprint density at radius 2 is 1.72 bits per heavy atom. The van der Waals surface area contributed by atoms with Gasteiger partial charge in [-0.05, 0) is 77.2 Å². The summed E-state index contributed by atoms with van der Waals surface area (Å²) in [5, 5.41) is 8.96. The van der Waals surface area contributed by atoms with Gasteiger partial charge in [0.25, 0.3) is 0 Å². The van der Waals surface area contributed by atoms with E-state index in [4.69, 9.17) is 9.47 Å². The SMILES string of the molecule is C=C.C=C/C(=C\C)COC.CC.CCC[C@@H](CC(=O)OC(C)(C)C)n1nnc(C2CC(CC(C)(C)C)C2)c1C. The van der Waals surface area contributed by atoms with E-state index >= 15 is 0 Å². The fourth-order valence-corrected chi connectivity index (χ4v) is 4.72. The topological polar surface area (TPSA) is 66.2 Å². The summed E-state index contributed by atoms with van der Waals surface area (Å²) in [5.74, 6) is 1.16. The summed E-state index contributed by atoms with van der Waals surface area (Å²) in [6.07, 6.45) is 9.72. The van der Waals surface area contributed by atoms with Crippen LogP contribution in [0.1, 0.15) is 131 Å². The maximum atomic E-state index is 12.3. The highest BCUT2D eigenvalue weighted by Crippen LogP contribution is 2.46. The number of allylic oxidation sites excluding steroid dienone is 1. The number of hydrogen-bond donors (Lipinski definition) is 0. The van der Waals surface area contributed by atoms with E-state index in [2.05, 4.69) is 64.7 Å². The molecule has 1 aliphatic rings. The third-order valence-electron chi connectivity index (χ3n) is 6.22. The third kappa shape index (κ3) is 15.8. The molecule has 6 nitrogen and oxygen atoms in total. The molecule has 1 aromatic heterocycles. The highest BCUT2D eigenvalue weighted by atomic mass is 16.6. The Hall–Kier alpha value is -2.21. The highest BCUT2D eigenvalue weighted by Gasteiger charge is 2.36. The van der Waals surface area contributed by atoms with Crippen LogP contribution in [0, 0.1) is 18.3 Å². The van der Waals surface area contributed by atoms with E-state index < -0.39 is 5.60 Å². The van der Waals surface area contributed by atoms with Crippen molar-refractivity contribution >= 4 is 5.97 Å². The number of ether oxygens (including phenoxy) is 2. The number of carbonyl (C=O) groups is 1. The molecule has 0 N–H and O–H groups in total. The van der Waals surface area contributed by atoms with Crippen LogP contribution in [0.15, 0.2) is 37.5 Å². The van der Waals surface area contributed by atoms with Gasteiger partial charge in [0.15, 0.2) is 0 Å². The first kappa shape index (κ1) is 38.9. The summed E-state index contributed by atoms with van der Waals surface area (Å²) in [6, 6.07) is 0.0246. The van der Waals surface area contributed by atoms with Crippen molar-refractivity contribution in [3.63, 3.8) is 0 Å². The first-order valence-electron chi connectivity index (χ1n) is 14.6. The van der Waals surface area contributed by atoms with Crippen LogP contribution in [0.4, 0.5) is 0 Å². The Labute approximate surface area is 241 Å². The first-order chi connectivity index (χ1) is 18.2. The minimum Gasteiger partial charge on any atom is -0.460 e. The van der Waals surface area contributed by atoms with Crippen LogP contribution in [0.25, 0.3) is 0 Å². The van der Waals surface area contributed by atoms with Gasteiger partial charge in [-0.3, -0.25) is 4.79 Å². The number of carbonyl (C=O) groups excluding carboxylic acids is 1. The molecule has 0 aromatic carbocycles. The Kier molecular flexibility index (Phi) is 19.8. The van der Waals surface area contributed by atoms with Crippen molar-refractivity contribution in [2.24, 2.45) is 11.3 Å². The molecular formula is C33H61N3O3. The van der Waals surface area contributed by atoms with Crippen molar-refractivity contribution in [3.8, 4) is 0 Å². The molecule has 0 saturated heterocycles. The van der Waals surface area contributed by atoms with Gasteiger partial charge in [0, 0.05) is 13.0 Å². The van der Waals surface area contributed by atoms with Crippen molar-refractivity contribution in [2.75, 3.05) is 13.7 Å². The molecule has 226 valence electrons. The summed E-state index contributed by atoms with van der Waals surface area (Å²) >= 11 is 0. The Morgan fingerprint density at radius 1 is 1.15 bits per heavy atom. The molecule has 1 heterocycles. The lowest BCUT2D eigenvalue weighted by Crippen LogP contribution is -2.27. The van der Waals surface area contributed by atoms with Gasteiger partial charge in [-0.15, -0.1) is 18.3 Å². The van der Waals surface area contributed by atoms with Crippen LogP contribution in [-0.2, 0) is 14.3 Å². The average Bonchev–Trinajstić information content (AvgIpc) is 3.21. The highest BCUT2D eigenvalue weighted by molar-refractivity contribution is 5.70. The maximum Gasteiger partial charge on any atom is 0.308 e. The average molecular weight is 548 g/mol. The summed E-state index contributed by atoms with van der Waals surface area (Å²) in [7, 11) is 1.67. The Morgan fingerprint density at radius 3 is 2.10 bits per heavy atom. The van der Waals surface area contributed by atoms with Crippen LogP contribution in [-0.4, -0.2) is 40.3 Å². The number of methoxy groups -OCH3 is 1. The van der Waals surface area contributed by atoms with Crippen molar-refractivity contribution in [2.45, 2.75) is 132 Å². The van der Waals surface area contributed by atoms with Gasteiger partial charge in [-0.1, -0.05) is 71.9 Å². The fourth-order valence-electron chi connectivity index (χ4n) is 4.72. The molecule has 0 bridgehead atoms. The number of esters is 1. The van der Waals surface area contributed by atoms with E-state index in [1.807, 2.05) is 52.3 Å². The van der Waals surface area contributed by atoms with Gasteiger partial charge >= 0.3 is 5.97 Å². The lowest BCUT2D eigenvalue weighted by atomic mass is 9.67. The van der Waals surface area contributed by atoms with E-state index in [9.17, 15) is 4.79 Å². The van der Waals surface area contributed by atoms with Crippen LogP contribution in [0.2, 0.25) is 0 Å². The molecule has 1 aliphatic carbocycles. The van der Waals surface area contributed by atoms with Gasteiger partial charge in [-0.2, -0.15) is 0 Å².